The molecule has 1 unspecified atom stereocenters. The molecule has 2 aromatic rings. The summed E-state index contributed by atoms with van der Waals surface area (Å²) >= 11 is 0. The van der Waals surface area contributed by atoms with Crippen LogP contribution in [0.4, 0.5) is 10.1 Å². The van der Waals surface area contributed by atoms with Crippen molar-refractivity contribution in [2.24, 2.45) is 0 Å². The third-order valence-electron chi connectivity index (χ3n) is 3.50. The van der Waals surface area contributed by atoms with Gasteiger partial charge in [-0.15, -0.1) is 0 Å². The van der Waals surface area contributed by atoms with E-state index < -0.39 is 5.82 Å². The van der Waals surface area contributed by atoms with Gasteiger partial charge in [0.15, 0.2) is 0 Å². The summed E-state index contributed by atoms with van der Waals surface area (Å²) in [6, 6.07) is 9.66. The van der Waals surface area contributed by atoms with Crippen LogP contribution in [0.25, 0.3) is 0 Å². The van der Waals surface area contributed by atoms with Gasteiger partial charge in [-0.25, -0.2) is 4.39 Å². The number of hydrogen-bond donors (Lipinski definition) is 2. The molecular weight excluding hydrogens is 267 g/mol. The molecule has 4 heteroatoms. The molecule has 3 nitrogen and oxygen atoms in total. The third kappa shape index (κ3) is 3.40. The van der Waals surface area contributed by atoms with Crippen molar-refractivity contribution in [1.82, 2.24) is 5.32 Å². The molecule has 110 valence electrons. The molecule has 0 fully saturated rings. The van der Waals surface area contributed by atoms with Crippen molar-refractivity contribution < 1.29 is 9.18 Å². The summed E-state index contributed by atoms with van der Waals surface area (Å²) in [5, 5.41) is 2.86. The summed E-state index contributed by atoms with van der Waals surface area (Å²) in [6.07, 6.45) is 0. The fraction of sp³-hybridized carbons (Fsp3) is 0.235. The van der Waals surface area contributed by atoms with E-state index in [9.17, 15) is 9.18 Å². The van der Waals surface area contributed by atoms with Gasteiger partial charge in [-0.1, -0.05) is 23.8 Å². The average Bonchev–Trinajstić information content (AvgIpc) is 2.41. The minimum Gasteiger partial charge on any atom is -0.398 e. The van der Waals surface area contributed by atoms with Gasteiger partial charge in [0.1, 0.15) is 5.82 Å². The SMILES string of the molecule is Cc1ccc(C(C)NC(=O)c2cc(F)ccc2N)c(C)c1. The van der Waals surface area contributed by atoms with Gasteiger partial charge in [-0.2, -0.15) is 0 Å². The number of carbonyl (C=O) groups excluding carboxylic acids is 1. The maximum atomic E-state index is 13.2. The first-order valence-electron chi connectivity index (χ1n) is 6.81. The molecule has 2 rings (SSSR count). The maximum Gasteiger partial charge on any atom is 0.253 e. The van der Waals surface area contributed by atoms with E-state index in [1.807, 2.05) is 32.9 Å². The molecule has 0 saturated heterocycles. The summed E-state index contributed by atoms with van der Waals surface area (Å²) in [4.78, 5) is 12.2. The fourth-order valence-corrected chi connectivity index (χ4v) is 2.39. The lowest BCUT2D eigenvalue weighted by Crippen LogP contribution is -2.28. The Labute approximate surface area is 124 Å². The average molecular weight is 286 g/mol. The Bertz CT molecular complexity index is 682. The van der Waals surface area contributed by atoms with Crippen molar-refractivity contribution in [2.45, 2.75) is 26.8 Å². The number of nitrogens with one attached hydrogen (secondary N) is 1. The highest BCUT2D eigenvalue weighted by Gasteiger charge is 2.15. The summed E-state index contributed by atoms with van der Waals surface area (Å²) < 4.78 is 13.2. The van der Waals surface area contributed by atoms with Crippen molar-refractivity contribution in [1.29, 1.82) is 0 Å². The number of anilines is 1. The molecule has 1 amide bonds. The van der Waals surface area contributed by atoms with Crippen molar-refractivity contribution in [3.05, 3.63) is 64.5 Å². The second-order valence-electron chi connectivity index (χ2n) is 5.29. The molecule has 0 aliphatic rings. The number of benzene rings is 2. The molecule has 0 bridgehead atoms. The number of hydrogen-bond acceptors (Lipinski definition) is 2. The van der Waals surface area contributed by atoms with Crippen LogP contribution in [-0.4, -0.2) is 5.91 Å². The lowest BCUT2D eigenvalue weighted by atomic mass is 10.00. The molecule has 0 spiro atoms. The van der Waals surface area contributed by atoms with Crippen LogP contribution in [0.2, 0.25) is 0 Å². The smallest absolute Gasteiger partial charge is 0.253 e. The Balaban J connectivity index is 2.20. The number of carbonyl (C=O) groups is 1. The van der Waals surface area contributed by atoms with Crippen molar-refractivity contribution in [2.75, 3.05) is 5.73 Å². The number of halogens is 1. The van der Waals surface area contributed by atoms with Crippen LogP contribution in [0.1, 0.15) is 40.0 Å². The van der Waals surface area contributed by atoms with Gasteiger partial charge in [0, 0.05) is 5.69 Å². The van der Waals surface area contributed by atoms with Crippen molar-refractivity contribution in [3.8, 4) is 0 Å². The Kier molecular flexibility index (Phi) is 4.26. The lowest BCUT2D eigenvalue weighted by molar-refractivity contribution is 0.0940. The predicted octanol–water partition coefficient (Wildman–Crippen LogP) is 3.52. The van der Waals surface area contributed by atoms with Gasteiger partial charge in [0.25, 0.3) is 5.91 Å². The van der Waals surface area contributed by atoms with Gasteiger partial charge in [-0.3, -0.25) is 4.79 Å². The Morgan fingerprint density at radius 3 is 2.57 bits per heavy atom. The van der Waals surface area contributed by atoms with Gasteiger partial charge >= 0.3 is 0 Å². The number of nitrogen functional groups attached to an aromatic ring is 1. The highest BCUT2D eigenvalue weighted by atomic mass is 19.1. The first-order valence-corrected chi connectivity index (χ1v) is 6.81. The van der Waals surface area contributed by atoms with Crippen LogP contribution in [-0.2, 0) is 0 Å². The molecule has 2 aromatic carbocycles. The number of rotatable bonds is 3. The van der Waals surface area contributed by atoms with E-state index in [0.29, 0.717) is 0 Å². The minimum absolute atomic E-state index is 0.159. The third-order valence-corrected chi connectivity index (χ3v) is 3.50. The van der Waals surface area contributed by atoms with Gasteiger partial charge < -0.3 is 11.1 Å². The van der Waals surface area contributed by atoms with Crippen molar-refractivity contribution >= 4 is 11.6 Å². The molecule has 21 heavy (non-hydrogen) atoms. The first-order chi connectivity index (χ1) is 9.88. The second-order valence-corrected chi connectivity index (χ2v) is 5.29. The van der Waals surface area contributed by atoms with Crippen LogP contribution in [0.3, 0.4) is 0 Å². The van der Waals surface area contributed by atoms with Crippen LogP contribution in [0, 0.1) is 19.7 Å². The zero-order valence-electron chi connectivity index (χ0n) is 12.4. The van der Waals surface area contributed by atoms with Crippen LogP contribution in [0.5, 0.6) is 0 Å². The Hall–Kier alpha value is -2.36. The van der Waals surface area contributed by atoms with E-state index in [2.05, 4.69) is 11.4 Å². The lowest BCUT2D eigenvalue weighted by Gasteiger charge is -2.17. The molecule has 0 aromatic heterocycles. The maximum absolute atomic E-state index is 13.2. The Morgan fingerprint density at radius 2 is 1.90 bits per heavy atom. The first kappa shape index (κ1) is 15.0. The van der Waals surface area contributed by atoms with Crippen LogP contribution >= 0.6 is 0 Å². The fourth-order valence-electron chi connectivity index (χ4n) is 2.39. The highest BCUT2D eigenvalue weighted by molar-refractivity contribution is 5.99. The van der Waals surface area contributed by atoms with Crippen LogP contribution in [0.15, 0.2) is 36.4 Å². The summed E-state index contributed by atoms with van der Waals surface area (Å²) in [5.74, 6) is -0.854. The van der Waals surface area contributed by atoms with E-state index in [4.69, 9.17) is 5.73 Å². The summed E-state index contributed by atoms with van der Waals surface area (Å²) in [5.41, 5.74) is 9.46. The second kappa shape index (κ2) is 5.95. The minimum atomic E-state index is -0.478. The highest BCUT2D eigenvalue weighted by Crippen LogP contribution is 2.20. The van der Waals surface area contributed by atoms with Gasteiger partial charge in [0.2, 0.25) is 0 Å². The molecule has 0 aliphatic carbocycles. The van der Waals surface area contributed by atoms with Gasteiger partial charge in [-0.05, 0) is 50.1 Å². The zero-order valence-corrected chi connectivity index (χ0v) is 12.4. The normalized spacial score (nSPS) is 12.0. The van der Waals surface area contributed by atoms with E-state index in [0.717, 1.165) is 17.2 Å². The standard InChI is InChI=1S/C17H19FN2O/c1-10-4-6-14(11(2)8-10)12(3)20-17(21)15-9-13(18)5-7-16(15)19/h4-9,12H,19H2,1-3H3,(H,20,21). The van der Waals surface area contributed by atoms with E-state index in [1.54, 1.807) is 0 Å². The van der Waals surface area contributed by atoms with E-state index >= 15 is 0 Å². The van der Waals surface area contributed by atoms with Gasteiger partial charge in [0.05, 0.1) is 11.6 Å². The number of amides is 1. The monoisotopic (exact) mass is 286 g/mol. The summed E-state index contributed by atoms with van der Waals surface area (Å²) in [7, 11) is 0. The van der Waals surface area contributed by atoms with Crippen LogP contribution < -0.4 is 11.1 Å². The van der Waals surface area contributed by atoms with Crippen molar-refractivity contribution in [3.63, 3.8) is 0 Å². The molecular formula is C17H19FN2O. The zero-order chi connectivity index (χ0) is 15.6. The predicted molar refractivity (Wildman–Crippen MR) is 82.6 cm³/mol. The quantitative estimate of drug-likeness (QED) is 0.848. The molecule has 0 radical (unpaired) electrons. The Morgan fingerprint density at radius 1 is 1.19 bits per heavy atom. The van der Waals surface area contributed by atoms with E-state index in [1.165, 1.54) is 17.7 Å². The number of nitrogens with two attached hydrogens (primary N) is 1. The molecule has 0 aliphatic heterocycles. The topological polar surface area (TPSA) is 55.1 Å². The molecule has 1 atom stereocenters. The molecule has 0 saturated carbocycles. The largest absolute Gasteiger partial charge is 0.398 e. The van der Waals surface area contributed by atoms with E-state index in [-0.39, 0.29) is 23.2 Å². The molecule has 3 N–H and O–H groups in total. The number of aryl methyl sites for hydroxylation is 2. The summed E-state index contributed by atoms with van der Waals surface area (Å²) in [6.45, 7) is 5.92. The molecule has 0 heterocycles.